The fourth-order valence-electron chi connectivity index (χ4n) is 2.28. The molecule has 0 spiro atoms. The summed E-state index contributed by atoms with van der Waals surface area (Å²) < 4.78 is 5.62. The highest BCUT2D eigenvalue weighted by atomic mass is 16.5. The topological polar surface area (TPSA) is 61.8 Å². The second-order valence-electron chi connectivity index (χ2n) is 5.84. The molecule has 1 saturated heterocycles. The van der Waals surface area contributed by atoms with Gasteiger partial charge in [0, 0.05) is 19.7 Å². The minimum atomic E-state index is -0.861. The Morgan fingerprint density at radius 3 is 2.74 bits per heavy atom. The van der Waals surface area contributed by atoms with E-state index in [-0.39, 0.29) is 6.03 Å². The lowest BCUT2D eigenvalue weighted by Crippen LogP contribution is -2.47. The van der Waals surface area contributed by atoms with Gasteiger partial charge in [0.05, 0.1) is 18.2 Å². The van der Waals surface area contributed by atoms with Crippen molar-refractivity contribution in [2.45, 2.75) is 58.2 Å². The van der Waals surface area contributed by atoms with Crippen LogP contribution in [0, 0.1) is 0 Å². The molecule has 0 aromatic carbocycles. The second kappa shape index (κ2) is 7.70. The summed E-state index contributed by atoms with van der Waals surface area (Å²) in [6, 6.07) is -0.111. The van der Waals surface area contributed by atoms with Gasteiger partial charge in [0.25, 0.3) is 0 Å². The molecule has 2 amide bonds. The van der Waals surface area contributed by atoms with Crippen LogP contribution in [0.2, 0.25) is 0 Å². The van der Waals surface area contributed by atoms with Crippen LogP contribution in [-0.2, 0) is 4.74 Å². The van der Waals surface area contributed by atoms with Crippen molar-refractivity contribution < 1.29 is 14.6 Å². The maximum absolute atomic E-state index is 12.0. The van der Waals surface area contributed by atoms with E-state index < -0.39 is 5.60 Å². The largest absolute Gasteiger partial charge is 0.389 e. The number of nitrogens with zero attached hydrogens (tertiary/aromatic N) is 1. The van der Waals surface area contributed by atoms with Crippen LogP contribution >= 0.6 is 0 Å². The Hall–Kier alpha value is -0.810. The summed E-state index contributed by atoms with van der Waals surface area (Å²) in [5, 5.41) is 12.7. The number of amides is 2. The lowest BCUT2D eigenvalue weighted by atomic mass is 10.1. The molecule has 19 heavy (non-hydrogen) atoms. The third kappa shape index (κ3) is 6.78. The highest BCUT2D eigenvalue weighted by Gasteiger charge is 2.21. The van der Waals surface area contributed by atoms with Crippen LogP contribution in [0.1, 0.15) is 46.5 Å². The maximum Gasteiger partial charge on any atom is 0.317 e. The molecule has 1 fully saturated rings. The molecular formula is C14H28N2O3. The van der Waals surface area contributed by atoms with Gasteiger partial charge < -0.3 is 20.1 Å². The monoisotopic (exact) mass is 272 g/mol. The van der Waals surface area contributed by atoms with Gasteiger partial charge in [-0.2, -0.15) is 0 Å². The third-order valence-corrected chi connectivity index (χ3v) is 3.26. The molecule has 0 aromatic heterocycles. The molecule has 1 heterocycles. The lowest BCUT2D eigenvalue weighted by molar-refractivity contribution is 0.0115. The number of carbonyl (C=O) groups excluding carboxylic acids is 1. The van der Waals surface area contributed by atoms with E-state index in [1.165, 1.54) is 6.42 Å². The van der Waals surface area contributed by atoms with Gasteiger partial charge in [-0.1, -0.05) is 0 Å². The first-order valence-corrected chi connectivity index (χ1v) is 7.29. The first kappa shape index (κ1) is 16.2. The number of aliphatic hydroxyl groups is 1. The number of hydrogen-bond acceptors (Lipinski definition) is 3. The van der Waals surface area contributed by atoms with Crippen molar-refractivity contribution in [2.24, 2.45) is 0 Å². The molecule has 0 aliphatic carbocycles. The van der Waals surface area contributed by atoms with Crippen LogP contribution in [0.15, 0.2) is 0 Å². The lowest BCUT2D eigenvalue weighted by Gasteiger charge is -2.28. The number of carbonyl (C=O) groups is 1. The van der Waals surface area contributed by atoms with E-state index in [1.54, 1.807) is 18.7 Å². The Morgan fingerprint density at radius 1 is 1.47 bits per heavy atom. The normalized spacial score (nSPS) is 20.1. The molecule has 1 aliphatic heterocycles. The molecule has 0 bridgehead atoms. The minimum absolute atomic E-state index is 0.111. The van der Waals surface area contributed by atoms with Gasteiger partial charge in [0.1, 0.15) is 0 Å². The first-order valence-electron chi connectivity index (χ1n) is 7.29. The van der Waals surface area contributed by atoms with Crippen LogP contribution in [-0.4, -0.2) is 54.0 Å². The van der Waals surface area contributed by atoms with E-state index in [0.29, 0.717) is 25.7 Å². The number of ether oxygens (including phenoxy) is 1. The maximum atomic E-state index is 12.0. The average Bonchev–Trinajstić information content (AvgIpc) is 2.36. The molecule has 1 atom stereocenters. The zero-order valence-corrected chi connectivity index (χ0v) is 12.4. The van der Waals surface area contributed by atoms with Crippen molar-refractivity contribution in [1.82, 2.24) is 10.2 Å². The number of urea groups is 1. The van der Waals surface area contributed by atoms with E-state index >= 15 is 0 Å². The minimum Gasteiger partial charge on any atom is -0.389 e. The highest BCUT2D eigenvalue weighted by molar-refractivity contribution is 5.74. The predicted octanol–water partition coefficient (Wildman–Crippen LogP) is 1.75. The van der Waals surface area contributed by atoms with Crippen LogP contribution in [0.4, 0.5) is 4.79 Å². The van der Waals surface area contributed by atoms with Gasteiger partial charge in [-0.05, 0) is 46.5 Å². The Kier molecular flexibility index (Phi) is 6.58. The van der Waals surface area contributed by atoms with E-state index in [9.17, 15) is 9.90 Å². The van der Waals surface area contributed by atoms with E-state index in [4.69, 9.17) is 4.74 Å². The quantitative estimate of drug-likeness (QED) is 0.774. The van der Waals surface area contributed by atoms with Crippen molar-refractivity contribution in [3.8, 4) is 0 Å². The Morgan fingerprint density at radius 2 is 2.21 bits per heavy atom. The van der Waals surface area contributed by atoms with Gasteiger partial charge in [-0.3, -0.25) is 0 Å². The summed E-state index contributed by atoms with van der Waals surface area (Å²) >= 11 is 0. The fraction of sp³-hybridized carbons (Fsp3) is 0.929. The summed E-state index contributed by atoms with van der Waals surface area (Å²) in [4.78, 5) is 13.6. The zero-order valence-electron chi connectivity index (χ0n) is 12.4. The number of likely N-dealkylation sites (N-methyl/N-ethyl adjacent to an activating group) is 1. The second-order valence-corrected chi connectivity index (χ2v) is 5.84. The Labute approximate surface area is 116 Å². The van der Waals surface area contributed by atoms with Crippen LogP contribution in [0.25, 0.3) is 0 Å². The van der Waals surface area contributed by atoms with E-state index in [0.717, 1.165) is 25.9 Å². The smallest absolute Gasteiger partial charge is 0.317 e. The Bertz CT molecular complexity index is 270. The van der Waals surface area contributed by atoms with Crippen molar-refractivity contribution in [3.63, 3.8) is 0 Å². The summed E-state index contributed by atoms with van der Waals surface area (Å²) in [6.45, 7) is 7.74. The van der Waals surface area contributed by atoms with Crippen molar-refractivity contribution in [2.75, 3.05) is 26.2 Å². The van der Waals surface area contributed by atoms with E-state index in [2.05, 4.69) is 5.32 Å². The molecule has 112 valence electrons. The summed E-state index contributed by atoms with van der Waals surface area (Å²) in [5.74, 6) is 0. The van der Waals surface area contributed by atoms with Crippen LogP contribution in [0.3, 0.4) is 0 Å². The van der Waals surface area contributed by atoms with Crippen molar-refractivity contribution in [3.05, 3.63) is 0 Å². The molecule has 0 aromatic rings. The Balaban J connectivity index is 2.24. The molecular weight excluding hydrogens is 244 g/mol. The third-order valence-electron chi connectivity index (χ3n) is 3.26. The van der Waals surface area contributed by atoms with E-state index in [1.807, 2.05) is 6.92 Å². The number of nitrogens with one attached hydrogen (secondary N) is 1. The van der Waals surface area contributed by atoms with Gasteiger partial charge >= 0.3 is 6.03 Å². The zero-order chi connectivity index (χ0) is 14.3. The predicted molar refractivity (Wildman–Crippen MR) is 75.2 cm³/mol. The molecule has 1 rings (SSSR count). The van der Waals surface area contributed by atoms with Crippen molar-refractivity contribution in [1.29, 1.82) is 0 Å². The van der Waals surface area contributed by atoms with Gasteiger partial charge in [-0.25, -0.2) is 4.79 Å². The van der Waals surface area contributed by atoms with Crippen molar-refractivity contribution >= 4 is 6.03 Å². The summed E-state index contributed by atoms with van der Waals surface area (Å²) in [7, 11) is 0. The number of rotatable bonds is 6. The average molecular weight is 272 g/mol. The number of hydrogen-bond donors (Lipinski definition) is 2. The standard InChI is InChI=1S/C14H28N2O3/c1-4-16(11-14(2,3)18)13(17)15-9-8-12-7-5-6-10-19-12/h12,18H,4-11H2,1-3H3,(H,15,17). The van der Waals surface area contributed by atoms with Crippen LogP contribution < -0.4 is 5.32 Å². The van der Waals surface area contributed by atoms with Gasteiger partial charge in [-0.15, -0.1) is 0 Å². The SMILES string of the molecule is CCN(CC(C)(C)O)C(=O)NCCC1CCCCO1. The highest BCUT2D eigenvalue weighted by Crippen LogP contribution is 2.14. The molecule has 1 unspecified atom stereocenters. The molecule has 2 N–H and O–H groups in total. The molecule has 5 heteroatoms. The first-order chi connectivity index (χ1) is 8.92. The van der Waals surface area contributed by atoms with Gasteiger partial charge in [0.2, 0.25) is 0 Å². The summed E-state index contributed by atoms with van der Waals surface area (Å²) in [5.41, 5.74) is -0.861. The van der Waals surface area contributed by atoms with Gasteiger partial charge in [0.15, 0.2) is 0 Å². The van der Waals surface area contributed by atoms with Crippen LogP contribution in [0.5, 0.6) is 0 Å². The molecule has 0 radical (unpaired) electrons. The molecule has 5 nitrogen and oxygen atoms in total. The fourth-order valence-corrected chi connectivity index (χ4v) is 2.28. The molecule has 0 saturated carbocycles. The summed E-state index contributed by atoms with van der Waals surface area (Å²) in [6.07, 6.45) is 4.62. The molecule has 1 aliphatic rings.